The zero-order chi connectivity index (χ0) is 17.2. The standard InChI is InChI=1S/C19H23N3O3/c1-13-3-5-16(10-20-13)25-17-9-14(2)22(12-17)11-15-4-6-18-19(21-15)24-8-7-23-18/h3-6,10,14,17H,7-9,11-12H2,1-2H3/t14-,17-/m0/s1. The van der Waals surface area contributed by atoms with Crippen molar-refractivity contribution in [3.05, 3.63) is 41.9 Å². The minimum atomic E-state index is 0.178. The Hall–Kier alpha value is -2.34. The lowest BCUT2D eigenvalue weighted by atomic mass is 10.2. The third-order valence-corrected chi connectivity index (χ3v) is 4.68. The summed E-state index contributed by atoms with van der Waals surface area (Å²) in [7, 11) is 0. The van der Waals surface area contributed by atoms with Crippen LogP contribution < -0.4 is 14.2 Å². The van der Waals surface area contributed by atoms with Crippen molar-refractivity contribution in [1.29, 1.82) is 0 Å². The lowest BCUT2D eigenvalue weighted by Gasteiger charge is -2.22. The Bertz CT molecular complexity index is 735. The van der Waals surface area contributed by atoms with Gasteiger partial charge in [0.1, 0.15) is 25.1 Å². The molecule has 1 saturated heterocycles. The summed E-state index contributed by atoms with van der Waals surface area (Å²) in [5.41, 5.74) is 1.99. The summed E-state index contributed by atoms with van der Waals surface area (Å²) in [6.07, 6.45) is 2.97. The molecule has 0 bridgehead atoms. The van der Waals surface area contributed by atoms with E-state index < -0.39 is 0 Å². The molecule has 2 aliphatic rings. The summed E-state index contributed by atoms with van der Waals surface area (Å²) in [6, 6.07) is 8.36. The Morgan fingerprint density at radius 1 is 1.20 bits per heavy atom. The molecule has 2 aromatic heterocycles. The van der Waals surface area contributed by atoms with Gasteiger partial charge in [-0.15, -0.1) is 0 Å². The molecule has 25 heavy (non-hydrogen) atoms. The molecule has 0 radical (unpaired) electrons. The van der Waals surface area contributed by atoms with Gasteiger partial charge in [-0.2, -0.15) is 0 Å². The number of rotatable bonds is 4. The number of likely N-dealkylation sites (tertiary alicyclic amines) is 1. The number of nitrogens with zero attached hydrogens (tertiary/aromatic N) is 3. The van der Waals surface area contributed by atoms with E-state index in [1.54, 1.807) is 6.20 Å². The first-order chi connectivity index (χ1) is 12.2. The Morgan fingerprint density at radius 2 is 2.08 bits per heavy atom. The van der Waals surface area contributed by atoms with E-state index in [1.807, 2.05) is 31.2 Å². The Kier molecular flexibility index (Phi) is 4.44. The van der Waals surface area contributed by atoms with Gasteiger partial charge in [-0.05, 0) is 38.1 Å². The van der Waals surface area contributed by atoms with Crippen LogP contribution >= 0.6 is 0 Å². The molecule has 4 heterocycles. The summed E-state index contributed by atoms with van der Waals surface area (Å²) in [4.78, 5) is 11.3. The smallest absolute Gasteiger partial charge is 0.257 e. The van der Waals surface area contributed by atoms with Gasteiger partial charge in [0.25, 0.3) is 5.88 Å². The molecule has 2 aliphatic heterocycles. The van der Waals surface area contributed by atoms with Crippen LogP contribution in [0.3, 0.4) is 0 Å². The van der Waals surface area contributed by atoms with Crippen molar-refractivity contribution in [2.24, 2.45) is 0 Å². The maximum atomic E-state index is 6.09. The highest BCUT2D eigenvalue weighted by molar-refractivity contribution is 5.35. The van der Waals surface area contributed by atoms with Crippen molar-refractivity contribution >= 4 is 0 Å². The average Bonchev–Trinajstić information content (AvgIpc) is 2.96. The second-order valence-electron chi connectivity index (χ2n) is 6.69. The van der Waals surface area contributed by atoms with Crippen LogP contribution in [0.1, 0.15) is 24.7 Å². The molecular weight excluding hydrogens is 318 g/mol. The van der Waals surface area contributed by atoms with Crippen molar-refractivity contribution in [1.82, 2.24) is 14.9 Å². The molecule has 6 nitrogen and oxygen atoms in total. The van der Waals surface area contributed by atoms with Crippen LogP contribution in [0.5, 0.6) is 17.4 Å². The topological polar surface area (TPSA) is 56.7 Å². The number of hydrogen-bond acceptors (Lipinski definition) is 6. The van der Waals surface area contributed by atoms with Crippen molar-refractivity contribution in [2.75, 3.05) is 19.8 Å². The molecule has 4 rings (SSSR count). The fourth-order valence-corrected chi connectivity index (χ4v) is 3.33. The average molecular weight is 341 g/mol. The maximum absolute atomic E-state index is 6.09. The van der Waals surface area contributed by atoms with Crippen molar-refractivity contribution in [3.63, 3.8) is 0 Å². The first-order valence-corrected chi connectivity index (χ1v) is 8.76. The molecule has 2 aromatic rings. The van der Waals surface area contributed by atoms with Gasteiger partial charge in [0.05, 0.1) is 11.9 Å². The minimum absolute atomic E-state index is 0.178. The molecule has 1 fully saturated rings. The normalized spacial score (nSPS) is 22.8. The van der Waals surface area contributed by atoms with Gasteiger partial charge in [0.15, 0.2) is 5.75 Å². The molecule has 0 spiro atoms. The van der Waals surface area contributed by atoms with E-state index in [2.05, 4.69) is 21.8 Å². The summed E-state index contributed by atoms with van der Waals surface area (Å²) >= 11 is 0. The second kappa shape index (κ2) is 6.88. The second-order valence-corrected chi connectivity index (χ2v) is 6.69. The van der Waals surface area contributed by atoms with Crippen LogP contribution in [0.25, 0.3) is 0 Å². The van der Waals surface area contributed by atoms with Gasteiger partial charge >= 0.3 is 0 Å². The van der Waals surface area contributed by atoms with Crippen molar-refractivity contribution < 1.29 is 14.2 Å². The third-order valence-electron chi connectivity index (χ3n) is 4.68. The number of aromatic nitrogens is 2. The first-order valence-electron chi connectivity index (χ1n) is 8.76. The molecule has 0 saturated carbocycles. The van der Waals surface area contributed by atoms with E-state index in [0.717, 1.165) is 42.4 Å². The number of aryl methyl sites for hydroxylation is 1. The lowest BCUT2D eigenvalue weighted by Crippen LogP contribution is -2.28. The van der Waals surface area contributed by atoms with E-state index >= 15 is 0 Å². The lowest BCUT2D eigenvalue weighted by molar-refractivity contribution is 0.162. The highest BCUT2D eigenvalue weighted by atomic mass is 16.6. The monoisotopic (exact) mass is 341 g/mol. The minimum Gasteiger partial charge on any atom is -0.487 e. The summed E-state index contributed by atoms with van der Waals surface area (Å²) < 4.78 is 17.2. The molecule has 132 valence electrons. The predicted molar refractivity (Wildman–Crippen MR) is 93.1 cm³/mol. The zero-order valence-corrected chi connectivity index (χ0v) is 14.6. The highest BCUT2D eigenvalue weighted by Crippen LogP contribution is 2.29. The quantitative estimate of drug-likeness (QED) is 0.852. The van der Waals surface area contributed by atoms with Gasteiger partial charge in [-0.25, -0.2) is 4.98 Å². The number of ether oxygens (including phenoxy) is 3. The van der Waals surface area contributed by atoms with E-state index in [0.29, 0.717) is 25.1 Å². The fraction of sp³-hybridized carbons (Fsp3) is 0.474. The molecule has 0 amide bonds. The number of fused-ring (bicyclic) bond motifs is 1. The fourth-order valence-electron chi connectivity index (χ4n) is 3.33. The van der Waals surface area contributed by atoms with Gasteiger partial charge in [-0.1, -0.05) is 0 Å². The molecular formula is C19H23N3O3. The van der Waals surface area contributed by atoms with Crippen LogP contribution in [0.15, 0.2) is 30.5 Å². The predicted octanol–water partition coefficient (Wildman–Crippen LogP) is 2.60. The summed E-state index contributed by atoms with van der Waals surface area (Å²) in [5, 5.41) is 0. The van der Waals surface area contributed by atoms with Crippen LogP contribution in [0.2, 0.25) is 0 Å². The Balaban J connectivity index is 1.39. The van der Waals surface area contributed by atoms with Gasteiger partial charge < -0.3 is 14.2 Å². The van der Waals surface area contributed by atoms with E-state index in [9.17, 15) is 0 Å². The van der Waals surface area contributed by atoms with Crippen LogP contribution in [-0.2, 0) is 6.54 Å². The molecule has 2 atom stereocenters. The molecule has 6 heteroatoms. The van der Waals surface area contributed by atoms with Gasteiger partial charge in [0.2, 0.25) is 0 Å². The molecule has 0 aromatic carbocycles. The summed E-state index contributed by atoms with van der Waals surface area (Å²) in [5.74, 6) is 2.17. The van der Waals surface area contributed by atoms with Gasteiger partial charge in [0, 0.05) is 31.2 Å². The SMILES string of the molecule is Cc1ccc(O[C@H]2C[C@H](C)N(Cc3ccc4c(n3)OCCO4)C2)cn1. The molecule has 0 N–H and O–H groups in total. The van der Waals surface area contributed by atoms with E-state index in [1.165, 1.54) is 0 Å². The highest BCUT2D eigenvalue weighted by Gasteiger charge is 2.31. The van der Waals surface area contributed by atoms with E-state index in [4.69, 9.17) is 14.2 Å². The number of pyridine rings is 2. The van der Waals surface area contributed by atoms with Gasteiger partial charge in [-0.3, -0.25) is 9.88 Å². The van der Waals surface area contributed by atoms with E-state index in [-0.39, 0.29) is 6.10 Å². The van der Waals surface area contributed by atoms with Crippen LogP contribution in [-0.4, -0.2) is 46.8 Å². The first kappa shape index (κ1) is 16.1. The maximum Gasteiger partial charge on any atom is 0.257 e. The Morgan fingerprint density at radius 3 is 2.92 bits per heavy atom. The van der Waals surface area contributed by atoms with Crippen molar-refractivity contribution in [3.8, 4) is 17.4 Å². The Labute approximate surface area is 147 Å². The molecule has 0 unspecified atom stereocenters. The molecule has 0 aliphatic carbocycles. The number of hydrogen-bond donors (Lipinski definition) is 0. The third kappa shape index (κ3) is 3.69. The zero-order valence-electron chi connectivity index (χ0n) is 14.6. The van der Waals surface area contributed by atoms with Crippen LogP contribution in [0.4, 0.5) is 0 Å². The summed E-state index contributed by atoms with van der Waals surface area (Å²) in [6.45, 7) is 7.02. The largest absolute Gasteiger partial charge is 0.487 e. The van der Waals surface area contributed by atoms with Crippen molar-refractivity contribution in [2.45, 2.75) is 39.0 Å². The van der Waals surface area contributed by atoms with Crippen LogP contribution in [0, 0.1) is 6.92 Å².